The topological polar surface area (TPSA) is 69.2 Å². The van der Waals surface area contributed by atoms with Crippen LogP contribution in [-0.2, 0) is 0 Å². The zero-order valence-electron chi connectivity index (χ0n) is 9.47. The van der Waals surface area contributed by atoms with Crippen molar-refractivity contribution in [2.75, 3.05) is 5.73 Å². The summed E-state index contributed by atoms with van der Waals surface area (Å²) in [5.41, 5.74) is 5.53. The fraction of sp³-hybridized carbons (Fsp3) is 0. The van der Waals surface area contributed by atoms with Crippen LogP contribution in [0.2, 0.25) is 0 Å². The zero-order valence-corrected chi connectivity index (χ0v) is 10.3. The third-order valence-electron chi connectivity index (χ3n) is 2.25. The van der Waals surface area contributed by atoms with Gasteiger partial charge in [-0.2, -0.15) is 0 Å². The molecule has 0 aliphatic rings. The maximum Gasteiger partial charge on any atom is 0.272 e. The molecular weight excluding hydrogens is 274 g/mol. The molecule has 19 heavy (non-hydrogen) atoms. The van der Waals surface area contributed by atoms with E-state index in [1.165, 1.54) is 18.2 Å². The monoisotopic (exact) mass is 282 g/mol. The van der Waals surface area contributed by atoms with E-state index in [9.17, 15) is 18.9 Å². The highest BCUT2D eigenvalue weighted by atomic mass is 32.2. The Kier molecular flexibility index (Phi) is 3.66. The first-order chi connectivity index (χ1) is 8.95. The SMILES string of the molecule is Nc1cc(Sc2cc(F)ccc2F)cc([N+](=O)[O-])c1. The van der Waals surface area contributed by atoms with E-state index in [1.807, 2.05) is 0 Å². The first-order valence-electron chi connectivity index (χ1n) is 5.13. The summed E-state index contributed by atoms with van der Waals surface area (Å²) < 4.78 is 26.5. The summed E-state index contributed by atoms with van der Waals surface area (Å²) in [6, 6.07) is 6.94. The Morgan fingerprint density at radius 2 is 1.89 bits per heavy atom. The van der Waals surface area contributed by atoms with Gasteiger partial charge in [-0.1, -0.05) is 11.8 Å². The average Bonchev–Trinajstić information content (AvgIpc) is 2.33. The lowest BCUT2D eigenvalue weighted by Crippen LogP contribution is -1.92. The number of nitrogens with zero attached hydrogens (tertiary/aromatic N) is 1. The van der Waals surface area contributed by atoms with E-state index in [0.29, 0.717) is 4.90 Å². The second kappa shape index (κ2) is 5.23. The van der Waals surface area contributed by atoms with Crippen molar-refractivity contribution in [3.8, 4) is 0 Å². The molecule has 0 spiro atoms. The highest BCUT2D eigenvalue weighted by Gasteiger charge is 2.11. The van der Waals surface area contributed by atoms with Crippen LogP contribution in [-0.4, -0.2) is 4.92 Å². The molecule has 0 heterocycles. The molecule has 0 aliphatic carbocycles. The number of non-ortho nitro benzene ring substituents is 1. The maximum atomic E-state index is 13.5. The summed E-state index contributed by atoms with van der Waals surface area (Å²) in [6.07, 6.45) is 0. The zero-order chi connectivity index (χ0) is 14.0. The standard InChI is InChI=1S/C12H8F2N2O2S/c13-7-1-2-11(14)12(3-7)19-10-5-8(15)4-9(6-10)16(17)18/h1-6H,15H2. The number of rotatable bonds is 3. The minimum absolute atomic E-state index is 0.0416. The van der Waals surface area contributed by atoms with Crippen molar-refractivity contribution >= 4 is 23.1 Å². The van der Waals surface area contributed by atoms with Crippen molar-refractivity contribution in [1.29, 1.82) is 0 Å². The Hall–Kier alpha value is -2.15. The largest absolute Gasteiger partial charge is 0.398 e. The molecule has 98 valence electrons. The lowest BCUT2D eigenvalue weighted by atomic mass is 10.3. The number of hydrogen-bond acceptors (Lipinski definition) is 4. The number of nitro groups is 1. The smallest absolute Gasteiger partial charge is 0.272 e. The van der Waals surface area contributed by atoms with E-state index < -0.39 is 16.6 Å². The van der Waals surface area contributed by atoms with Crippen LogP contribution >= 0.6 is 11.8 Å². The van der Waals surface area contributed by atoms with Crippen molar-refractivity contribution < 1.29 is 13.7 Å². The molecule has 0 aliphatic heterocycles. The fourth-order valence-electron chi connectivity index (χ4n) is 1.45. The number of nitrogen functional groups attached to an aromatic ring is 1. The van der Waals surface area contributed by atoms with Gasteiger partial charge in [0.2, 0.25) is 0 Å². The van der Waals surface area contributed by atoms with Crippen molar-refractivity contribution in [3.63, 3.8) is 0 Å². The molecule has 2 aromatic carbocycles. The van der Waals surface area contributed by atoms with Crippen LogP contribution < -0.4 is 5.73 Å². The van der Waals surface area contributed by atoms with Crippen LogP contribution in [0.25, 0.3) is 0 Å². The number of hydrogen-bond donors (Lipinski definition) is 1. The normalized spacial score (nSPS) is 10.4. The molecule has 0 amide bonds. The lowest BCUT2D eigenvalue weighted by Gasteiger charge is -2.04. The molecule has 2 rings (SSSR count). The van der Waals surface area contributed by atoms with Crippen molar-refractivity contribution in [2.24, 2.45) is 0 Å². The van der Waals surface area contributed by atoms with E-state index in [0.717, 1.165) is 30.0 Å². The summed E-state index contributed by atoms with van der Waals surface area (Å²) in [6.45, 7) is 0. The van der Waals surface area contributed by atoms with Gasteiger partial charge in [0.15, 0.2) is 0 Å². The Morgan fingerprint density at radius 1 is 1.16 bits per heavy atom. The van der Waals surface area contributed by atoms with Crippen LogP contribution in [0.15, 0.2) is 46.2 Å². The molecule has 0 fully saturated rings. The fourth-order valence-corrected chi connectivity index (χ4v) is 2.42. The van der Waals surface area contributed by atoms with Crippen LogP contribution in [0.1, 0.15) is 0 Å². The first kappa shape index (κ1) is 13.3. The molecule has 2 aromatic rings. The molecule has 0 saturated heterocycles. The highest BCUT2D eigenvalue weighted by Crippen LogP contribution is 2.33. The third-order valence-corrected chi connectivity index (χ3v) is 3.25. The minimum Gasteiger partial charge on any atom is -0.398 e. The van der Waals surface area contributed by atoms with Gasteiger partial charge in [0.25, 0.3) is 5.69 Å². The Morgan fingerprint density at radius 3 is 2.58 bits per heavy atom. The molecule has 0 atom stereocenters. The van der Waals surface area contributed by atoms with Gasteiger partial charge < -0.3 is 5.73 Å². The van der Waals surface area contributed by atoms with Gasteiger partial charge in [0.05, 0.1) is 9.82 Å². The summed E-state index contributed by atoms with van der Waals surface area (Å²) in [4.78, 5) is 10.5. The van der Waals surface area contributed by atoms with Crippen LogP contribution in [0.5, 0.6) is 0 Å². The quantitative estimate of drug-likeness (QED) is 0.530. The Bertz CT molecular complexity index is 650. The van der Waals surface area contributed by atoms with Gasteiger partial charge in [-0.25, -0.2) is 8.78 Å². The average molecular weight is 282 g/mol. The molecule has 0 bridgehead atoms. The number of halogens is 2. The predicted molar refractivity (Wildman–Crippen MR) is 68.0 cm³/mol. The molecular formula is C12H8F2N2O2S. The van der Waals surface area contributed by atoms with E-state index in [-0.39, 0.29) is 16.3 Å². The molecule has 0 radical (unpaired) electrons. The van der Waals surface area contributed by atoms with Crippen molar-refractivity contribution in [1.82, 2.24) is 0 Å². The van der Waals surface area contributed by atoms with Crippen LogP contribution in [0.4, 0.5) is 20.2 Å². The Labute approximate surface area is 111 Å². The van der Waals surface area contributed by atoms with E-state index >= 15 is 0 Å². The molecule has 0 saturated carbocycles. The van der Waals surface area contributed by atoms with E-state index in [1.54, 1.807) is 0 Å². The van der Waals surface area contributed by atoms with E-state index in [4.69, 9.17) is 5.73 Å². The number of anilines is 1. The molecule has 0 aromatic heterocycles. The van der Waals surface area contributed by atoms with Gasteiger partial charge in [0.1, 0.15) is 11.6 Å². The molecule has 0 unspecified atom stereocenters. The summed E-state index contributed by atoms with van der Waals surface area (Å²) >= 11 is 0.875. The van der Waals surface area contributed by atoms with Gasteiger partial charge in [0, 0.05) is 22.7 Å². The van der Waals surface area contributed by atoms with Crippen molar-refractivity contribution in [3.05, 3.63) is 58.1 Å². The molecule has 4 nitrogen and oxygen atoms in total. The third kappa shape index (κ3) is 3.19. The second-order valence-corrected chi connectivity index (χ2v) is 4.81. The van der Waals surface area contributed by atoms with Crippen LogP contribution in [0, 0.1) is 21.7 Å². The maximum absolute atomic E-state index is 13.5. The number of nitro benzene ring substituents is 1. The van der Waals surface area contributed by atoms with Crippen molar-refractivity contribution in [2.45, 2.75) is 9.79 Å². The van der Waals surface area contributed by atoms with E-state index in [2.05, 4.69) is 0 Å². The summed E-state index contributed by atoms with van der Waals surface area (Å²) in [5.74, 6) is -1.18. The molecule has 2 N–H and O–H groups in total. The second-order valence-electron chi connectivity index (χ2n) is 3.69. The lowest BCUT2D eigenvalue weighted by molar-refractivity contribution is -0.385. The highest BCUT2D eigenvalue weighted by molar-refractivity contribution is 7.99. The number of nitrogens with two attached hydrogens (primary N) is 1. The summed E-state index contributed by atoms with van der Waals surface area (Å²) in [5, 5.41) is 10.7. The van der Waals surface area contributed by atoms with Gasteiger partial charge in [-0.05, 0) is 24.3 Å². The van der Waals surface area contributed by atoms with Crippen LogP contribution in [0.3, 0.4) is 0 Å². The predicted octanol–water partition coefficient (Wildman–Crippen LogP) is 3.61. The first-order valence-corrected chi connectivity index (χ1v) is 5.95. The van der Waals surface area contributed by atoms with Gasteiger partial charge in [-0.15, -0.1) is 0 Å². The molecule has 7 heteroatoms. The number of benzene rings is 2. The van der Waals surface area contributed by atoms with Gasteiger partial charge in [-0.3, -0.25) is 10.1 Å². The summed E-state index contributed by atoms with van der Waals surface area (Å²) in [7, 11) is 0. The Balaban J connectivity index is 2.38. The van der Waals surface area contributed by atoms with Gasteiger partial charge >= 0.3 is 0 Å². The minimum atomic E-state index is -0.600.